The van der Waals surface area contributed by atoms with E-state index in [1.807, 2.05) is 0 Å². The Labute approximate surface area is 127 Å². The molecule has 2 N–H and O–H groups in total. The number of aryl methyl sites for hydroxylation is 1. The Kier molecular flexibility index (Phi) is 5.06. The summed E-state index contributed by atoms with van der Waals surface area (Å²) in [5, 5.41) is 0. The molecule has 1 aromatic heterocycles. The first-order chi connectivity index (χ1) is 9.86. The minimum absolute atomic E-state index is 0.0294. The van der Waals surface area contributed by atoms with Crippen molar-refractivity contribution in [3.63, 3.8) is 0 Å². The Morgan fingerprint density at radius 2 is 1.76 bits per heavy atom. The number of nitrogen functional groups attached to an aromatic ring is 1. The highest BCUT2D eigenvalue weighted by atomic mass is 16.1. The van der Waals surface area contributed by atoms with Crippen molar-refractivity contribution >= 4 is 5.69 Å². The van der Waals surface area contributed by atoms with Gasteiger partial charge in [0.1, 0.15) is 0 Å². The van der Waals surface area contributed by atoms with Gasteiger partial charge in [-0.05, 0) is 39.8 Å². The molecule has 0 aliphatic carbocycles. The topological polar surface area (TPSA) is 54.5 Å². The van der Waals surface area contributed by atoms with Crippen LogP contribution in [0.15, 0.2) is 23.1 Å². The summed E-state index contributed by atoms with van der Waals surface area (Å²) in [6.07, 6.45) is 2.72. The second-order valence-corrected chi connectivity index (χ2v) is 6.85. The van der Waals surface area contributed by atoms with E-state index < -0.39 is 0 Å². The first-order valence-electron chi connectivity index (χ1n) is 7.79. The number of hydrogen-bond donors (Lipinski definition) is 1. The van der Waals surface area contributed by atoms with Crippen molar-refractivity contribution in [1.29, 1.82) is 0 Å². The lowest BCUT2D eigenvalue weighted by Crippen LogP contribution is -2.53. The van der Waals surface area contributed by atoms with Gasteiger partial charge in [-0.2, -0.15) is 0 Å². The predicted molar refractivity (Wildman–Crippen MR) is 87.5 cm³/mol. The van der Waals surface area contributed by atoms with Crippen LogP contribution in [0.3, 0.4) is 0 Å². The monoisotopic (exact) mass is 292 g/mol. The number of rotatable bonds is 4. The number of nitrogens with zero attached hydrogens (tertiary/aromatic N) is 3. The molecule has 0 aromatic carbocycles. The van der Waals surface area contributed by atoms with Gasteiger partial charge in [-0.15, -0.1) is 0 Å². The van der Waals surface area contributed by atoms with Crippen LogP contribution in [0.4, 0.5) is 5.69 Å². The van der Waals surface area contributed by atoms with Crippen molar-refractivity contribution in [2.75, 3.05) is 38.5 Å². The van der Waals surface area contributed by atoms with Crippen molar-refractivity contribution in [2.45, 2.75) is 39.3 Å². The SMILES string of the molecule is CC(C)(C)N1CCN(CCCn2cc(N)ccc2=O)CC1. The molecule has 5 nitrogen and oxygen atoms in total. The summed E-state index contributed by atoms with van der Waals surface area (Å²) < 4.78 is 1.71. The highest BCUT2D eigenvalue weighted by Gasteiger charge is 2.25. The fourth-order valence-corrected chi connectivity index (χ4v) is 2.83. The molecule has 0 unspecified atom stereocenters. The Balaban J connectivity index is 1.75. The first-order valence-corrected chi connectivity index (χ1v) is 7.79. The van der Waals surface area contributed by atoms with E-state index in [1.165, 1.54) is 6.07 Å². The smallest absolute Gasteiger partial charge is 0.250 e. The third kappa shape index (κ3) is 4.58. The highest BCUT2D eigenvalue weighted by Crippen LogP contribution is 2.15. The number of hydrogen-bond acceptors (Lipinski definition) is 4. The number of aromatic nitrogens is 1. The molecule has 0 radical (unpaired) electrons. The number of piperazine rings is 1. The molecule has 118 valence electrons. The average Bonchev–Trinajstić information content (AvgIpc) is 2.42. The van der Waals surface area contributed by atoms with E-state index in [4.69, 9.17) is 5.73 Å². The second-order valence-electron chi connectivity index (χ2n) is 6.85. The highest BCUT2D eigenvalue weighted by molar-refractivity contribution is 5.33. The van der Waals surface area contributed by atoms with Crippen molar-refractivity contribution in [2.24, 2.45) is 0 Å². The van der Waals surface area contributed by atoms with E-state index >= 15 is 0 Å². The summed E-state index contributed by atoms with van der Waals surface area (Å²) in [6.45, 7) is 13.1. The molecule has 21 heavy (non-hydrogen) atoms. The molecule has 2 rings (SSSR count). The number of nitrogens with two attached hydrogens (primary N) is 1. The Morgan fingerprint density at radius 1 is 1.10 bits per heavy atom. The molecule has 0 spiro atoms. The third-order valence-corrected chi connectivity index (χ3v) is 4.20. The van der Waals surface area contributed by atoms with E-state index in [-0.39, 0.29) is 11.1 Å². The number of pyridine rings is 1. The first kappa shape index (κ1) is 16.0. The maximum Gasteiger partial charge on any atom is 0.250 e. The molecule has 2 heterocycles. The van der Waals surface area contributed by atoms with Gasteiger partial charge in [0.15, 0.2) is 0 Å². The lowest BCUT2D eigenvalue weighted by atomic mass is 10.0. The minimum atomic E-state index is 0.0294. The van der Waals surface area contributed by atoms with Crippen molar-refractivity contribution < 1.29 is 0 Å². The summed E-state index contributed by atoms with van der Waals surface area (Å²) in [4.78, 5) is 16.7. The summed E-state index contributed by atoms with van der Waals surface area (Å²) >= 11 is 0. The lowest BCUT2D eigenvalue weighted by molar-refractivity contribution is 0.0614. The van der Waals surface area contributed by atoms with Gasteiger partial charge in [-0.3, -0.25) is 9.69 Å². The van der Waals surface area contributed by atoms with Gasteiger partial charge < -0.3 is 15.2 Å². The van der Waals surface area contributed by atoms with Crippen LogP contribution in [-0.2, 0) is 6.54 Å². The van der Waals surface area contributed by atoms with Gasteiger partial charge in [0.2, 0.25) is 0 Å². The Hall–Kier alpha value is -1.33. The second kappa shape index (κ2) is 6.62. The average molecular weight is 292 g/mol. The molecule has 1 aliphatic heterocycles. The van der Waals surface area contributed by atoms with Crippen LogP contribution in [0, 0.1) is 0 Å². The number of anilines is 1. The van der Waals surface area contributed by atoms with Gasteiger partial charge in [0.25, 0.3) is 5.56 Å². The zero-order valence-electron chi connectivity index (χ0n) is 13.5. The molecular formula is C16H28N4O. The summed E-state index contributed by atoms with van der Waals surface area (Å²) in [7, 11) is 0. The lowest BCUT2D eigenvalue weighted by Gasteiger charge is -2.42. The molecular weight excluding hydrogens is 264 g/mol. The van der Waals surface area contributed by atoms with Gasteiger partial charge in [0.05, 0.1) is 0 Å². The van der Waals surface area contributed by atoms with Crippen molar-refractivity contribution in [1.82, 2.24) is 14.4 Å². The third-order valence-electron chi connectivity index (χ3n) is 4.20. The zero-order chi connectivity index (χ0) is 15.5. The quantitative estimate of drug-likeness (QED) is 0.907. The summed E-state index contributed by atoms with van der Waals surface area (Å²) in [5.74, 6) is 0. The fraction of sp³-hybridized carbons (Fsp3) is 0.688. The zero-order valence-corrected chi connectivity index (χ0v) is 13.5. The summed E-state index contributed by atoms with van der Waals surface area (Å²) in [6, 6.07) is 3.20. The Morgan fingerprint density at radius 3 is 2.38 bits per heavy atom. The van der Waals surface area contributed by atoms with E-state index in [9.17, 15) is 4.79 Å². The van der Waals surface area contributed by atoms with E-state index in [1.54, 1.807) is 16.8 Å². The summed E-state index contributed by atoms with van der Waals surface area (Å²) in [5.41, 5.74) is 6.66. The van der Waals surface area contributed by atoms with Crippen molar-refractivity contribution in [3.8, 4) is 0 Å². The van der Waals surface area contributed by atoms with Crippen LogP contribution in [0.1, 0.15) is 27.2 Å². The fourth-order valence-electron chi connectivity index (χ4n) is 2.83. The van der Waals surface area contributed by atoms with Gasteiger partial charge in [-0.1, -0.05) is 0 Å². The van der Waals surface area contributed by atoms with Crippen LogP contribution in [0.2, 0.25) is 0 Å². The molecule has 1 aromatic rings. The normalized spacial score (nSPS) is 18.0. The molecule has 1 aliphatic rings. The molecule has 0 bridgehead atoms. The molecule has 5 heteroatoms. The van der Waals surface area contributed by atoms with Crippen LogP contribution in [0.25, 0.3) is 0 Å². The maximum absolute atomic E-state index is 11.7. The van der Waals surface area contributed by atoms with Crippen LogP contribution < -0.4 is 11.3 Å². The predicted octanol–water partition coefficient (Wildman–Crippen LogP) is 1.24. The van der Waals surface area contributed by atoms with E-state index in [0.717, 1.165) is 45.7 Å². The van der Waals surface area contributed by atoms with Gasteiger partial charge >= 0.3 is 0 Å². The van der Waals surface area contributed by atoms with Crippen molar-refractivity contribution in [3.05, 3.63) is 28.7 Å². The molecule has 1 saturated heterocycles. The van der Waals surface area contributed by atoms with Crippen LogP contribution >= 0.6 is 0 Å². The van der Waals surface area contributed by atoms with E-state index in [2.05, 4.69) is 30.6 Å². The van der Waals surface area contributed by atoms with Crippen LogP contribution in [0.5, 0.6) is 0 Å². The maximum atomic E-state index is 11.7. The van der Waals surface area contributed by atoms with Crippen LogP contribution in [-0.4, -0.2) is 52.6 Å². The molecule has 0 atom stereocenters. The molecule has 1 fully saturated rings. The standard InChI is InChI=1S/C16H28N4O/c1-16(2,3)20-11-9-18(10-12-20)7-4-8-19-13-14(17)5-6-15(19)21/h5-6,13H,4,7-12,17H2,1-3H3. The van der Waals surface area contributed by atoms with E-state index in [0.29, 0.717) is 5.69 Å². The molecule has 0 saturated carbocycles. The largest absolute Gasteiger partial charge is 0.398 e. The Bertz CT molecular complexity index is 510. The molecule has 0 amide bonds. The van der Waals surface area contributed by atoms with Gasteiger partial charge in [0, 0.05) is 56.2 Å². The minimum Gasteiger partial charge on any atom is -0.398 e. The van der Waals surface area contributed by atoms with Gasteiger partial charge in [-0.25, -0.2) is 0 Å².